The van der Waals surface area contributed by atoms with Gasteiger partial charge >= 0.3 is 0 Å². The first-order chi connectivity index (χ1) is 9.22. The summed E-state index contributed by atoms with van der Waals surface area (Å²) in [6.45, 7) is 0. The summed E-state index contributed by atoms with van der Waals surface area (Å²) >= 11 is 0. The number of aryl methyl sites for hydroxylation is 1. The molecular formula is C15H16F2N2. The van der Waals surface area contributed by atoms with Gasteiger partial charge in [-0.15, -0.1) is 0 Å². The maximum Gasteiger partial charge on any atom is 0.163 e. The fourth-order valence-electron chi connectivity index (χ4n) is 2.07. The molecule has 2 aromatic rings. The van der Waals surface area contributed by atoms with E-state index in [2.05, 4.69) is 5.43 Å². The van der Waals surface area contributed by atoms with E-state index in [1.165, 1.54) is 6.07 Å². The SMILES string of the molecule is NNC(CCc1ccccc1)c1cccc(F)c1F. The first kappa shape index (κ1) is 13.6. The Kier molecular flexibility index (Phi) is 4.60. The molecule has 100 valence electrons. The second-order valence-corrected chi connectivity index (χ2v) is 4.39. The van der Waals surface area contributed by atoms with Gasteiger partial charge in [0.05, 0.1) is 0 Å². The van der Waals surface area contributed by atoms with Crippen molar-refractivity contribution in [1.82, 2.24) is 5.43 Å². The van der Waals surface area contributed by atoms with Gasteiger partial charge in [-0.3, -0.25) is 11.3 Å². The zero-order valence-electron chi connectivity index (χ0n) is 10.4. The van der Waals surface area contributed by atoms with Gasteiger partial charge in [0.15, 0.2) is 11.6 Å². The molecular weight excluding hydrogens is 246 g/mol. The van der Waals surface area contributed by atoms with Crippen molar-refractivity contribution in [2.75, 3.05) is 0 Å². The highest BCUT2D eigenvalue weighted by Crippen LogP contribution is 2.22. The van der Waals surface area contributed by atoms with Crippen LogP contribution in [0.4, 0.5) is 8.78 Å². The van der Waals surface area contributed by atoms with E-state index >= 15 is 0 Å². The Bertz CT molecular complexity index is 529. The predicted octanol–water partition coefficient (Wildman–Crippen LogP) is 3.10. The largest absolute Gasteiger partial charge is 0.271 e. The van der Waals surface area contributed by atoms with Crippen LogP contribution in [0, 0.1) is 11.6 Å². The molecule has 4 heteroatoms. The van der Waals surface area contributed by atoms with Gasteiger partial charge in [0.1, 0.15) is 0 Å². The van der Waals surface area contributed by atoms with Gasteiger partial charge in [-0.2, -0.15) is 0 Å². The van der Waals surface area contributed by atoms with Gasteiger partial charge < -0.3 is 0 Å². The lowest BCUT2D eigenvalue weighted by Crippen LogP contribution is -2.29. The number of hydrogen-bond acceptors (Lipinski definition) is 2. The van der Waals surface area contributed by atoms with Crippen LogP contribution in [0.3, 0.4) is 0 Å². The molecule has 0 spiro atoms. The molecule has 2 aromatic carbocycles. The predicted molar refractivity (Wildman–Crippen MR) is 71.2 cm³/mol. The summed E-state index contributed by atoms with van der Waals surface area (Å²) in [5, 5.41) is 0. The first-order valence-corrected chi connectivity index (χ1v) is 6.16. The highest BCUT2D eigenvalue weighted by atomic mass is 19.2. The lowest BCUT2D eigenvalue weighted by atomic mass is 9.99. The van der Waals surface area contributed by atoms with E-state index in [9.17, 15) is 8.78 Å². The van der Waals surface area contributed by atoms with E-state index in [-0.39, 0.29) is 5.56 Å². The van der Waals surface area contributed by atoms with Crippen LogP contribution >= 0.6 is 0 Å². The average molecular weight is 262 g/mol. The smallest absolute Gasteiger partial charge is 0.163 e. The zero-order valence-corrected chi connectivity index (χ0v) is 10.4. The standard InChI is InChI=1S/C15H16F2N2/c16-13-8-4-7-12(15(13)17)14(19-18)10-9-11-5-2-1-3-6-11/h1-8,14,19H,9-10,18H2. The minimum Gasteiger partial charge on any atom is -0.271 e. The van der Waals surface area contributed by atoms with E-state index < -0.39 is 17.7 Å². The summed E-state index contributed by atoms with van der Waals surface area (Å²) in [4.78, 5) is 0. The van der Waals surface area contributed by atoms with Crippen molar-refractivity contribution in [3.05, 3.63) is 71.3 Å². The van der Waals surface area contributed by atoms with E-state index in [1.807, 2.05) is 30.3 Å². The minimum absolute atomic E-state index is 0.262. The zero-order chi connectivity index (χ0) is 13.7. The van der Waals surface area contributed by atoms with Gasteiger partial charge in [0, 0.05) is 11.6 Å². The molecule has 0 aromatic heterocycles. The maximum atomic E-state index is 13.7. The molecule has 0 amide bonds. The number of rotatable bonds is 5. The molecule has 1 atom stereocenters. The molecule has 0 aliphatic heterocycles. The lowest BCUT2D eigenvalue weighted by Gasteiger charge is -2.17. The van der Waals surface area contributed by atoms with Gasteiger partial charge in [-0.1, -0.05) is 42.5 Å². The summed E-state index contributed by atoms with van der Waals surface area (Å²) in [7, 11) is 0. The van der Waals surface area contributed by atoms with E-state index in [1.54, 1.807) is 6.07 Å². The molecule has 2 rings (SSSR count). The van der Waals surface area contributed by atoms with Gasteiger partial charge in [-0.25, -0.2) is 8.78 Å². The Morgan fingerprint density at radius 2 is 1.74 bits per heavy atom. The quantitative estimate of drug-likeness (QED) is 0.642. The first-order valence-electron chi connectivity index (χ1n) is 6.16. The second kappa shape index (κ2) is 6.41. The number of benzene rings is 2. The Labute approximate surface area is 111 Å². The normalized spacial score (nSPS) is 12.4. The van der Waals surface area contributed by atoms with Crippen LogP contribution < -0.4 is 11.3 Å². The van der Waals surface area contributed by atoms with Crippen molar-refractivity contribution in [2.45, 2.75) is 18.9 Å². The number of hydrogen-bond donors (Lipinski definition) is 2. The van der Waals surface area contributed by atoms with Gasteiger partial charge in [0.2, 0.25) is 0 Å². The summed E-state index contributed by atoms with van der Waals surface area (Å²) < 4.78 is 26.9. The Morgan fingerprint density at radius 3 is 2.42 bits per heavy atom. The van der Waals surface area contributed by atoms with Crippen LogP contribution in [-0.2, 0) is 6.42 Å². The van der Waals surface area contributed by atoms with E-state index in [4.69, 9.17) is 5.84 Å². The molecule has 0 aliphatic rings. The number of nitrogens with two attached hydrogens (primary N) is 1. The fourth-order valence-corrected chi connectivity index (χ4v) is 2.07. The molecule has 2 nitrogen and oxygen atoms in total. The molecule has 0 fully saturated rings. The van der Waals surface area contributed by atoms with E-state index in [0.29, 0.717) is 6.42 Å². The molecule has 0 radical (unpaired) electrons. The van der Waals surface area contributed by atoms with Crippen molar-refractivity contribution < 1.29 is 8.78 Å². The summed E-state index contributed by atoms with van der Waals surface area (Å²) in [6, 6.07) is 13.6. The molecule has 3 N–H and O–H groups in total. The molecule has 19 heavy (non-hydrogen) atoms. The van der Waals surface area contributed by atoms with Crippen molar-refractivity contribution in [3.8, 4) is 0 Å². The Morgan fingerprint density at radius 1 is 1.00 bits per heavy atom. The number of halogens is 2. The van der Waals surface area contributed by atoms with Crippen LogP contribution in [0.15, 0.2) is 48.5 Å². The fraction of sp³-hybridized carbons (Fsp3) is 0.200. The summed E-state index contributed by atoms with van der Waals surface area (Å²) in [5.74, 6) is 3.76. The monoisotopic (exact) mass is 262 g/mol. The topological polar surface area (TPSA) is 38.0 Å². The molecule has 0 saturated heterocycles. The van der Waals surface area contributed by atoms with Crippen molar-refractivity contribution in [3.63, 3.8) is 0 Å². The van der Waals surface area contributed by atoms with Crippen LogP contribution in [0.2, 0.25) is 0 Å². The number of nitrogens with one attached hydrogen (secondary N) is 1. The third kappa shape index (κ3) is 3.36. The van der Waals surface area contributed by atoms with E-state index in [0.717, 1.165) is 18.1 Å². The molecule has 0 heterocycles. The summed E-state index contributed by atoms with van der Waals surface area (Å²) in [6.07, 6.45) is 1.34. The van der Waals surface area contributed by atoms with Crippen LogP contribution in [0.1, 0.15) is 23.6 Å². The summed E-state index contributed by atoms with van der Waals surface area (Å²) in [5.41, 5.74) is 3.95. The van der Waals surface area contributed by atoms with Gasteiger partial charge in [-0.05, 0) is 24.5 Å². The molecule has 1 unspecified atom stereocenters. The van der Waals surface area contributed by atoms with Crippen LogP contribution in [-0.4, -0.2) is 0 Å². The van der Waals surface area contributed by atoms with Crippen molar-refractivity contribution in [1.29, 1.82) is 0 Å². The van der Waals surface area contributed by atoms with Crippen molar-refractivity contribution in [2.24, 2.45) is 5.84 Å². The van der Waals surface area contributed by atoms with Crippen LogP contribution in [0.5, 0.6) is 0 Å². The highest BCUT2D eigenvalue weighted by molar-refractivity contribution is 5.23. The Hall–Kier alpha value is -1.78. The third-order valence-corrected chi connectivity index (χ3v) is 3.12. The average Bonchev–Trinajstić information content (AvgIpc) is 2.45. The van der Waals surface area contributed by atoms with Gasteiger partial charge in [0.25, 0.3) is 0 Å². The molecule has 0 saturated carbocycles. The second-order valence-electron chi connectivity index (χ2n) is 4.39. The highest BCUT2D eigenvalue weighted by Gasteiger charge is 2.16. The molecule has 0 bridgehead atoms. The lowest BCUT2D eigenvalue weighted by molar-refractivity contribution is 0.452. The number of hydrazine groups is 1. The third-order valence-electron chi connectivity index (χ3n) is 3.12. The maximum absolute atomic E-state index is 13.7. The molecule has 0 aliphatic carbocycles. The van der Waals surface area contributed by atoms with Crippen LogP contribution in [0.25, 0.3) is 0 Å². The van der Waals surface area contributed by atoms with Crippen molar-refractivity contribution >= 4 is 0 Å². The Balaban J connectivity index is 2.10. The minimum atomic E-state index is -0.850.